The van der Waals surface area contributed by atoms with Gasteiger partial charge in [-0.1, -0.05) is 18.2 Å². The summed E-state index contributed by atoms with van der Waals surface area (Å²) in [4.78, 5) is 15.8. The summed E-state index contributed by atoms with van der Waals surface area (Å²) in [7, 11) is 2.05. The van der Waals surface area contributed by atoms with Crippen LogP contribution in [0.3, 0.4) is 0 Å². The Morgan fingerprint density at radius 1 is 1.04 bits per heavy atom. The Bertz CT molecular complexity index is 880. The van der Waals surface area contributed by atoms with Crippen LogP contribution in [0.1, 0.15) is 23.7 Å². The van der Waals surface area contributed by atoms with E-state index in [2.05, 4.69) is 27.9 Å². The van der Waals surface area contributed by atoms with Crippen LogP contribution in [0.4, 0.5) is 5.82 Å². The molecule has 134 valence electrons. The molecule has 2 aromatic heterocycles. The molecular formula is C21H24N4O. The van der Waals surface area contributed by atoms with Crippen LogP contribution in [0.25, 0.3) is 11.4 Å². The first-order valence-electron chi connectivity index (χ1n) is 8.77. The van der Waals surface area contributed by atoms with Crippen LogP contribution in [-0.2, 0) is 6.54 Å². The van der Waals surface area contributed by atoms with Crippen molar-refractivity contribution in [2.24, 2.45) is 0 Å². The Kier molecular flexibility index (Phi) is 5.46. The van der Waals surface area contributed by atoms with E-state index in [0.29, 0.717) is 19.0 Å². The van der Waals surface area contributed by atoms with Gasteiger partial charge in [-0.15, -0.1) is 0 Å². The number of nitrogens with zero attached hydrogens (tertiary/aromatic N) is 4. The fourth-order valence-corrected chi connectivity index (χ4v) is 2.87. The Labute approximate surface area is 154 Å². The molecule has 0 N–H and O–H groups in total. The van der Waals surface area contributed by atoms with Gasteiger partial charge in [0.25, 0.3) is 0 Å². The maximum absolute atomic E-state index is 5.75. The number of aryl methyl sites for hydroxylation is 1. The van der Waals surface area contributed by atoms with Crippen LogP contribution in [0.5, 0.6) is 5.75 Å². The smallest absolute Gasteiger partial charge is 0.163 e. The molecule has 0 spiro atoms. The van der Waals surface area contributed by atoms with Gasteiger partial charge in [-0.2, -0.15) is 0 Å². The lowest BCUT2D eigenvalue weighted by molar-refractivity contribution is 0.336. The number of pyridine rings is 1. The lowest BCUT2D eigenvalue weighted by Gasteiger charge is -2.23. The predicted octanol–water partition coefficient (Wildman–Crippen LogP) is 4.19. The third-order valence-corrected chi connectivity index (χ3v) is 4.32. The predicted molar refractivity (Wildman–Crippen MR) is 104 cm³/mol. The molecule has 0 atom stereocenters. The summed E-state index contributed by atoms with van der Waals surface area (Å²) >= 11 is 0. The third-order valence-electron chi connectivity index (χ3n) is 4.32. The van der Waals surface area contributed by atoms with Gasteiger partial charge in [0.15, 0.2) is 5.82 Å². The molecule has 0 amide bonds. The van der Waals surface area contributed by atoms with E-state index in [0.717, 1.165) is 34.0 Å². The number of para-hydroxylation sites is 1. The highest BCUT2D eigenvalue weighted by molar-refractivity contribution is 5.59. The van der Waals surface area contributed by atoms with Gasteiger partial charge in [0, 0.05) is 48.4 Å². The van der Waals surface area contributed by atoms with Crippen molar-refractivity contribution >= 4 is 5.82 Å². The molecule has 0 aliphatic heterocycles. The molecule has 0 saturated carbocycles. The Morgan fingerprint density at radius 3 is 2.58 bits per heavy atom. The average Bonchev–Trinajstić information content (AvgIpc) is 2.66. The van der Waals surface area contributed by atoms with E-state index >= 15 is 0 Å². The van der Waals surface area contributed by atoms with Gasteiger partial charge in [0.1, 0.15) is 11.6 Å². The number of anilines is 1. The van der Waals surface area contributed by atoms with Crippen LogP contribution in [0.2, 0.25) is 0 Å². The minimum atomic E-state index is 0.650. The van der Waals surface area contributed by atoms with Crippen molar-refractivity contribution in [3.63, 3.8) is 0 Å². The second-order valence-corrected chi connectivity index (χ2v) is 6.22. The van der Waals surface area contributed by atoms with Crippen molar-refractivity contribution < 1.29 is 4.74 Å². The summed E-state index contributed by atoms with van der Waals surface area (Å²) < 4.78 is 5.75. The molecule has 5 nitrogen and oxygen atoms in total. The maximum Gasteiger partial charge on any atom is 0.163 e. The van der Waals surface area contributed by atoms with Gasteiger partial charge in [-0.05, 0) is 39.0 Å². The Morgan fingerprint density at radius 2 is 1.85 bits per heavy atom. The fourth-order valence-electron chi connectivity index (χ4n) is 2.87. The maximum atomic E-state index is 5.75. The van der Waals surface area contributed by atoms with Crippen molar-refractivity contribution in [3.05, 3.63) is 65.6 Å². The standard InChI is InChI=1S/C21H24N4O/c1-5-26-19-11-7-6-9-18(19)14-25(4)21-15(2)16(3)23-20(24-21)17-10-8-12-22-13-17/h6-13H,5,14H2,1-4H3. The monoisotopic (exact) mass is 348 g/mol. The number of hydrogen-bond acceptors (Lipinski definition) is 5. The number of aromatic nitrogens is 3. The van der Waals surface area contributed by atoms with E-state index in [9.17, 15) is 0 Å². The minimum absolute atomic E-state index is 0.650. The van der Waals surface area contributed by atoms with E-state index in [1.807, 2.05) is 51.2 Å². The molecule has 0 radical (unpaired) electrons. The van der Waals surface area contributed by atoms with E-state index in [4.69, 9.17) is 9.72 Å². The quantitative estimate of drug-likeness (QED) is 0.668. The van der Waals surface area contributed by atoms with Crippen LogP contribution < -0.4 is 9.64 Å². The van der Waals surface area contributed by atoms with Gasteiger partial charge in [-0.3, -0.25) is 4.98 Å². The van der Waals surface area contributed by atoms with Crippen molar-refractivity contribution in [3.8, 4) is 17.1 Å². The van der Waals surface area contributed by atoms with Gasteiger partial charge < -0.3 is 9.64 Å². The second-order valence-electron chi connectivity index (χ2n) is 6.22. The van der Waals surface area contributed by atoms with Crippen molar-refractivity contribution in [2.45, 2.75) is 27.3 Å². The zero-order valence-electron chi connectivity index (χ0n) is 15.7. The molecule has 26 heavy (non-hydrogen) atoms. The highest BCUT2D eigenvalue weighted by Crippen LogP contribution is 2.26. The van der Waals surface area contributed by atoms with E-state index in [-0.39, 0.29) is 0 Å². The molecule has 2 heterocycles. The lowest BCUT2D eigenvalue weighted by atomic mass is 10.1. The molecule has 0 fully saturated rings. The summed E-state index contributed by atoms with van der Waals surface area (Å²) in [6.07, 6.45) is 3.54. The lowest BCUT2D eigenvalue weighted by Crippen LogP contribution is -2.20. The van der Waals surface area contributed by atoms with Crippen molar-refractivity contribution in [2.75, 3.05) is 18.6 Å². The van der Waals surface area contributed by atoms with Gasteiger partial charge >= 0.3 is 0 Å². The van der Waals surface area contributed by atoms with Crippen molar-refractivity contribution in [1.82, 2.24) is 15.0 Å². The third kappa shape index (κ3) is 3.82. The van der Waals surface area contributed by atoms with E-state index in [1.165, 1.54) is 0 Å². The summed E-state index contributed by atoms with van der Waals surface area (Å²) in [6, 6.07) is 12.0. The molecule has 0 saturated heterocycles. The summed E-state index contributed by atoms with van der Waals surface area (Å²) in [6.45, 7) is 7.43. The van der Waals surface area contributed by atoms with Crippen LogP contribution >= 0.6 is 0 Å². The molecule has 0 aliphatic rings. The Balaban J connectivity index is 1.94. The van der Waals surface area contributed by atoms with Crippen LogP contribution in [0, 0.1) is 13.8 Å². The topological polar surface area (TPSA) is 51.1 Å². The normalized spacial score (nSPS) is 10.6. The Hall–Kier alpha value is -2.95. The molecule has 0 unspecified atom stereocenters. The molecule has 1 aromatic carbocycles. The summed E-state index contributed by atoms with van der Waals surface area (Å²) in [5.41, 5.74) is 4.10. The molecule has 3 rings (SSSR count). The summed E-state index contributed by atoms with van der Waals surface area (Å²) in [5.74, 6) is 2.53. The van der Waals surface area contributed by atoms with E-state index < -0.39 is 0 Å². The highest BCUT2D eigenvalue weighted by atomic mass is 16.5. The second kappa shape index (κ2) is 7.95. The van der Waals surface area contributed by atoms with Crippen LogP contribution in [0.15, 0.2) is 48.8 Å². The van der Waals surface area contributed by atoms with Gasteiger partial charge in [0.05, 0.1) is 6.61 Å². The number of rotatable bonds is 6. The highest BCUT2D eigenvalue weighted by Gasteiger charge is 2.15. The van der Waals surface area contributed by atoms with Gasteiger partial charge in [0.2, 0.25) is 0 Å². The molecular weight excluding hydrogens is 324 g/mol. The molecule has 0 bridgehead atoms. The van der Waals surface area contributed by atoms with E-state index in [1.54, 1.807) is 12.4 Å². The van der Waals surface area contributed by atoms with Gasteiger partial charge in [-0.25, -0.2) is 9.97 Å². The first-order valence-corrected chi connectivity index (χ1v) is 8.77. The zero-order valence-corrected chi connectivity index (χ0v) is 15.7. The number of benzene rings is 1. The first-order chi connectivity index (χ1) is 12.6. The van der Waals surface area contributed by atoms with Crippen LogP contribution in [-0.4, -0.2) is 28.6 Å². The SMILES string of the molecule is CCOc1ccccc1CN(C)c1nc(-c2cccnc2)nc(C)c1C. The first kappa shape index (κ1) is 17.9. The average molecular weight is 348 g/mol. The molecule has 3 aromatic rings. The number of ether oxygens (including phenoxy) is 1. The fraction of sp³-hybridized carbons (Fsp3) is 0.286. The minimum Gasteiger partial charge on any atom is -0.494 e. The number of hydrogen-bond donors (Lipinski definition) is 0. The van der Waals surface area contributed by atoms with Crippen molar-refractivity contribution in [1.29, 1.82) is 0 Å². The summed E-state index contributed by atoms with van der Waals surface area (Å²) in [5, 5.41) is 0. The molecule has 5 heteroatoms. The zero-order chi connectivity index (χ0) is 18.5. The molecule has 0 aliphatic carbocycles. The largest absolute Gasteiger partial charge is 0.494 e.